The van der Waals surface area contributed by atoms with Crippen molar-refractivity contribution in [2.45, 2.75) is 0 Å². The number of carbonyl (C=O) groups excluding carboxylic acids is 1. The Hall–Kier alpha value is -2.00. The minimum absolute atomic E-state index is 0.00585. The van der Waals surface area contributed by atoms with Crippen molar-refractivity contribution in [2.24, 2.45) is 0 Å². The average Bonchev–Trinajstić information content (AvgIpc) is 2.86. The highest BCUT2D eigenvalue weighted by Crippen LogP contribution is 2.28. The van der Waals surface area contributed by atoms with E-state index in [-0.39, 0.29) is 5.78 Å². The molecular formula is C13H9ClN2O. The van der Waals surface area contributed by atoms with Crippen LogP contribution in [0.3, 0.4) is 0 Å². The topological polar surface area (TPSA) is 44.9 Å². The number of anilines is 1. The number of rotatable bonds is 1. The molecule has 2 heterocycles. The molecule has 2 aromatic rings. The lowest BCUT2D eigenvalue weighted by Crippen LogP contribution is -1.99. The summed E-state index contributed by atoms with van der Waals surface area (Å²) in [5.74, 6) is 0.00585. The van der Waals surface area contributed by atoms with Crippen LogP contribution >= 0.6 is 11.6 Å². The number of halogens is 1. The van der Waals surface area contributed by atoms with E-state index in [4.69, 9.17) is 11.6 Å². The molecule has 0 saturated heterocycles. The fourth-order valence-corrected chi connectivity index (χ4v) is 2.03. The first kappa shape index (κ1) is 10.2. The second kappa shape index (κ2) is 3.79. The normalized spacial score (nSPS) is 16.1. The van der Waals surface area contributed by atoms with E-state index in [1.54, 1.807) is 18.3 Å². The van der Waals surface area contributed by atoms with Gasteiger partial charge in [-0.15, -0.1) is 0 Å². The predicted molar refractivity (Wildman–Crippen MR) is 68.2 cm³/mol. The molecule has 0 atom stereocenters. The zero-order chi connectivity index (χ0) is 11.8. The summed E-state index contributed by atoms with van der Waals surface area (Å²) in [7, 11) is 0. The van der Waals surface area contributed by atoms with Crippen molar-refractivity contribution in [3.8, 4) is 0 Å². The highest BCUT2D eigenvalue weighted by atomic mass is 35.5. The molecule has 17 heavy (non-hydrogen) atoms. The fourth-order valence-electron chi connectivity index (χ4n) is 1.86. The summed E-state index contributed by atoms with van der Waals surface area (Å²) in [6.07, 6.45) is 3.44. The first-order valence-corrected chi connectivity index (χ1v) is 5.58. The number of hydrogen-bond acceptors (Lipinski definition) is 2. The van der Waals surface area contributed by atoms with Crippen LogP contribution in [-0.2, 0) is 0 Å². The second-order valence-corrected chi connectivity index (χ2v) is 4.27. The largest absolute Gasteiger partial charge is 0.360 e. The molecule has 3 nitrogen and oxygen atoms in total. The third-order valence-electron chi connectivity index (χ3n) is 2.66. The third kappa shape index (κ3) is 1.74. The molecule has 2 N–H and O–H groups in total. The molecule has 0 unspecified atom stereocenters. The van der Waals surface area contributed by atoms with E-state index in [9.17, 15) is 4.79 Å². The smallest absolute Gasteiger partial charge is 0.211 e. The SMILES string of the molecule is O=C1C(=Cc2cc(Cl)c[nH]2)Nc2ccccc21. The molecule has 0 amide bonds. The van der Waals surface area contributed by atoms with Gasteiger partial charge in [-0.05, 0) is 24.3 Å². The van der Waals surface area contributed by atoms with Gasteiger partial charge < -0.3 is 10.3 Å². The van der Waals surface area contributed by atoms with Gasteiger partial charge in [0, 0.05) is 23.1 Å². The Balaban J connectivity index is 1.99. The quantitative estimate of drug-likeness (QED) is 0.756. The third-order valence-corrected chi connectivity index (χ3v) is 2.87. The van der Waals surface area contributed by atoms with Gasteiger partial charge in [0.1, 0.15) is 0 Å². The monoisotopic (exact) mass is 244 g/mol. The van der Waals surface area contributed by atoms with Gasteiger partial charge in [0.15, 0.2) is 0 Å². The van der Waals surface area contributed by atoms with Gasteiger partial charge in [-0.1, -0.05) is 23.7 Å². The van der Waals surface area contributed by atoms with Gasteiger partial charge in [0.25, 0.3) is 0 Å². The van der Waals surface area contributed by atoms with Crippen molar-refractivity contribution in [1.29, 1.82) is 0 Å². The van der Waals surface area contributed by atoms with Crippen LogP contribution in [0, 0.1) is 0 Å². The Kier molecular flexibility index (Phi) is 2.27. The van der Waals surface area contributed by atoms with Crippen molar-refractivity contribution in [3.63, 3.8) is 0 Å². The molecule has 3 rings (SSSR count). The van der Waals surface area contributed by atoms with Gasteiger partial charge in [0.05, 0.1) is 10.7 Å². The van der Waals surface area contributed by atoms with Crippen LogP contribution < -0.4 is 5.32 Å². The van der Waals surface area contributed by atoms with Gasteiger partial charge >= 0.3 is 0 Å². The van der Waals surface area contributed by atoms with Crippen LogP contribution in [0.1, 0.15) is 16.1 Å². The number of allylic oxidation sites excluding steroid dienone is 1. The van der Waals surface area contributed by atoms with E-state index in [0.717, 1.165) is 11.4 Å². The number of hydrogen-bond donors (Lipinski definition) is 2. The standard InChI is InChI=1S/C13H9ClN2O/c14-8-5-9(15-7-8)6-12-13(17)10-3-1-2-4-11(10)16-12/h1-7,15-16H. The Bertz CT molecular complexity index is 628. The van der Waals surface area contributed by atoms with Crippen LogP contribution in [0.4, 0.5) is 5.69 Å². The first-order valence-electron chi connectivity index (χ1n) is 5.20. The van der Waals surface area contributed by atoms with E-state index in [1.165, 1.54) is 0 Å². The number of nitrogens with one attached hydrogen (secondary N) is 2. The van der Waals surface area contributed by atoms with E-state index in [1.807, 2.05) is 24.3 Å². The van der Waals surface area contributed by atoms with Gasteiger partial charge in [-0.2, -0.15) is 0 Å². The maximum absolute atomic E-state index is 12.0. The van der Waals surface area contributed by atoms with E-state index in [0.29, 0.717) is 16.3 Å². The Labute approximate surface area is 103 Å². The predicted octanol–water partition coefficient (Wildman–Crippen LogP) is 3.32. The van der Waals surface area contributed by atoms with Crippen molar-refractivity contribution in [1.82, 2.24) is 4.98 Å². The molecule has 1 aromatic heterocycles. The minimum Gasteiger partial charge on any atom is -0.360 e. The van der Waals surface area contributed by atoms with Crippen molar-refractivity contribution in [2.75, 3.05) is 5.32 Å². The molecule has 0 radical (unpaired) electrons. The van der Waals surface area contributed by atoms with Crippen LogP contribution in [0.15, 0.2) is 42.2 Å². The number of para-hydroxylation sites is 1. The number of carbonyl (C=O) groups is 1. The molecule has 0 fully saturated rings. The lowest BCUT2D eigenvalue weighted by molar-refractivity contribution is 0.104. The number of aromatic amines is 1. The molecule has 0 saturated carbocycles. The number of ketones is 1. The fraction of sp³-hybridized carbons (Fsp3) is 0. The van der Waals surface area contributed by atoms with E-state index >= 15 is 0 Å². The summed E-state index contributed by atoms with van der Waals surface area (Å²) in [5, 5.41) is 3.72. The Morgan fingerprint density at radius 3 is 2.76 bits per heavy atom. The molecule has 84 valence electrons. The van der Waals surface area contributed by atoms with E-state index < -0.39 is 0 Å². The molecule has 4 heteroatoms. The zero-order valence-corrected chi connectivity index (χ0v) is 9.58. The second-order valence-electron chi connectivity index (χ2n) is 3.83. The summed E-state index contributed by atoms with van der Waals surface area (Å²) in [6, 6.07) is 9.22. The van der Waals surface area contributed by atoms with Gasteiger partial charge in [-0.25, -0.2) is 0 Å². The van der Waals surface area contributed by atoms with Gasteiger partial charge in [-0.3, -0.25) is 4.79 Å². The van der Waals surface area contributed by atoms with Crippen LogP contribution in [-0.4, -0.2) is 10.8 Å². The Morgan fingerprint density at radius 1 is 1.24 bits per heavy atom. The number of Topliss-reactive ketones (excluding diaryl/α,β-unsaturated/α-hetero) is 1. The highest BCUT2D eigenvalue weighted by Gasteiger charge is 2.23. The van der Waals surface area contributed by atoms with Crippen LogP contribution in [0.25, 0.3) is 6.08 Å². The van der Waals surface area contributed by atoms with Crippen LogP contribution in [0.5, 0.6) is 0 Å². The summed E-state index contributed by atoms with van der Waals surface area (Å²) >= 11 is 5.81. The first-order chi connectivity index (χ1) is 8.24. The molecule has 0 aliphatic carbocycles. The van der Waals surface area contributed by atoms with Crippen LogP contribution in [0.2, 0.25) is 5.02 Å². The highest BCUT2D eigenvalue weighted by molar-refractivity contribution is 6.30. The summed E-state index contributed by atoms with van der Waals surface area (Å²) < 4.78 is 0. The minimum atomic E-state index is 0.00585. The maximum Gasteiger partial charge on any atom is 0.211 e. The molecule has 0 spiro atoms. The average molecular weight is 245 g/mol. The molecule has 1 aromatic carbocycles. The lowest BCUT2D eigenvalue weighted by Gasteiger charge is -1.96. The molecule has 1 aliphatic rings. The zero-order valence-electron chi connectivity index (χ0n) is 8.83. The van der Waals surface area contributed by atoms with Gasteiger partial charge in [0.2, 0.25) is 5.78 Å². The van der Waals surface area contributed by atoms with E-state index in [2.05, 4.69) is 10.3 Å². The Morgan fingerprint density at radius 2 is 2.06 bits per heavy atom. The molecule has 0 bridgehead atoms. The number of aromatic nitrogens is 1. The molecule has 1 aliphatic heterocycles. The van der Waals surface area contributed by atoms with Crippen molar-refractivity contribution < 1.29 is 4.79 Å². The summed E-state index contributed by atoms with van der Waals surface area (Å²) in [4.78, 5) is 15.0. The molecular weight excluding hydrogens is 236 g/mol. The number of benzene rings is 1. The number of H-pyrrole nitrogens is 1. The van der Waals surface area contributed by atoms with Crippen molar-refractivity contribution in [3.05, 3.63) is 58.5 Å². The summed E-state index contributed by atoms with van der Waals surface area (Å²) in [5.41, 5.74) is 2.92. The lowest BCUT2D eigenvalue weighted by atomic mass is 10.1. The number of fused-ring (bicyclic) bond motifs is 1. The summed E-state index contributed by atoms with van der Waals surface area (Å²) in [6.45, 7) is 0. The van der Waals surface area contributed by atoms with Crippen molar-refractivity contribution >= 4 is 29.1 Å². The maximum atomic E-state index is 12.0.